The molecular formula is C13H14F3N5O. The summed E-state index contributed by atoms with van der Waals surface area (Å²) in [4.78, 5) is 4.10. The number of nitrogens with one attached hydrogen (secondary N) is 1. The Morgan fingerprint density at radius 1 is 1.36 bits per heavy atom. The molecule has 118 valence electrons. The molecule has 3 N–H and O–H groups in total. The molecule has 0 aliphatic carbocycles. The number of rotatable bonds is 4. The van der Waals surface area contributed by atoms with E-state index in [0.717, 1.165) is 5.56 Å². The Hall–Kier alpha value is -2.71. The Bertz CT molecular complexity index is 648. The Labute approximate surface area is 124 Å². The Morgan fingerprint density at radius 3 is 2.59 bits per heavy atom. The zero-order valence-corrected chi connectivity index (χ0v) is 11.6. The minimum Gasteiger partial charge on any atom is -0.406 e. The molecule has 2 aromatic rings. The lowest BCUT2D eigenvalue weighted by molar-refractivity contribution is -0.274. The zero-order chi connectivity index (χ0) is 16.2. The molecule has 0 fully saturated rings. The summed E-state index contributed by atoms with van der Waals surface area (Å²) in [7, 11) is 1.79. The van der Waals surface area contributed by atoms with Crippen LogP contribution < -0.4 is 15.8 Å². The van der Waals surface area contributed by atoms with Gasteiger partial charge in [0, 0.05) is 24.5 Å². The first-order valence-corrected chi connectivity index (χ1v) is 6.22. The van der Waals surface area contributed by atoms with Crippen molar-refractivity contribution >= 4 is 11.6 Å². The van der Waals surface area contributed by atoms with Crippen LogP contribution in [0.25, 0.3) is 0 Å². The lowest BCUT2D eigenvalue weighted by Gasteiger charge is -2.10. The summed E-state index contributed by atoms with van der Waals surface area (Å²) in [6.07, 6.45) is -1.24. The van der Waals surface area contributed by atoms with Crippen LogP contribution in [0.2, 0.25) is 0 Å². The van der Waals surface area contributed by atoms with Gasteiger partial charge < -0.3 is 15.8 Å². The highest BCUT2D eigenvalue weighted by Crippen LogP contribution is 2.23. The SMILES string of the molecule is Cn1cc(CN=C(N)Nc2ccc(OC(F)(F)F)cc2)cn1. The number of nitrogens with two attached hydrogens (primary N) is 1. The summed E-state index contributed by atoms with van der Waals surface area (Å²) < 4.78 is 41.5. The van der Waals surface area contributed by atoms with E-state index >= 15 is 0 Å². The van der Waals surface area contributed by atoms with E-state index in [1.165, 1.54) is 24.3 Å². The van der Waals surface area contributed by atoms with Gasteiger partial charge in [0.2, 0.25) is 0 Å². The lowest BCUT2D eigenvalue weighted by Crippen LogP contribution is -2.22. The van der Waals surface area contributed by atoms with E-state index in [9.17, 15) is 13.2 Å². The van der Waals surface area contributed by atoms with Crippen molar-refractivity contribution in [3.05, 3.63) is 42.2 Å². The highest BCUT2D eigenvalue weighted by atomic mass is 19.4. The van der Waals surface area contributed by atoms with Crippen molar-refractivity contribution < 1.29 is 17.9 Å². The van der Waals surface area contributed by atoms with Gasteiger partial charge in [-0.05, 0) is 24.3 Å². The van der Waals surface area contributed by atoms with Crippen molar-refractivity contribution in [3.63, 3.8) is 0 Å². The number of aromatic nitrogens is 2. The zero-order valence-electron chi connectivity index (χ0n) is 11.6. The molecule has 0 atom stereocenters. The van der Waals surface area contributed by atoms with Gasteiger partial charge in [-0.15, -0.1) is 13.2 Å². The fraction of sp³-hybridized carbons (Fsp3) is 0.231. The van der Waals surface area contributed by atoms with Crippen molar-refractivity contribution in [3.8, 4) is 5.75 Å². The number of ether oxygens (including phenoxy) is 1. The quantitative estimate of drug-likeness (QED) is 0.670. The van der Waals surface area contributed by atoms with Crippen LogP contribution in [0.15, 0.2) is 41.7 Å². The molecule has 9 heteroatoms. The average Bonchev–Trinajstić information content (AvgIpc) is 2.83. The number of halogens is 3. The van der Waals surface area contributed by atoms with Gasteiger partial charge in [0.05, 0.1) is 12.7 Å². The molecule has 0 bridgehead atoms. The van der Waals surface area contributed by atoms with E-state index in [1.807, 2.05) is 0 Å². The van der Waals surface area contributed by atoms with Crippen LogP contribution in [0, 0.1) is 0 Å². The molecule has 2 rings (SSSR count). The fourth-order valence-electron chi connectivity index (χ4n) is 1.66. The molecule has 1 aromatic carbocycles. The lowest BCUT2D eigenvalue weighted by atomic mass is 10.3. The second-order valence-electron chi connectivity index (χ2n) is 4.42. The number of guanidine groups is 1. The van der Waals surface area contributed by atoms with E-state index in [2.05, 4.69) is 20.1 Å². The second kappa shape index (κ2) is 6.37. The average molecular weight is 313 g/mol. The van der Waals surface area contributed by atoms with E-state index in [0.29, 0.717) is 12.2 Å². The van der Waals surface area contributed by atoms with Gasteiger partial charge in [0.1, 0.15) is 5.75 Å². The van der Waals surface area contributed by atoms with E-state index in [-0.39, 0.29) is 11.7 Å². The molecule has 0 saturated heterocycles. The number of alkyl halides is 3. The molecule has 6 nitrogen and oxygen atoms in total. The standard InChI is InChI=1S/C13H14F3N5O/c1-21-8-9(7-19-21)6-18-12(17)20-10-2-4-11(5-3-10)22-13(14,15)16/h2-5,7-8H,6H2,1H3,(H3,17,18,20). The van der Waals surface area contributed by atoms with Crippen LogP contribution in [0.5, 0.6) is 5.75 Å². The van der Waals surface area contributed by atoms with Gasteiger partial charge in [-0.1, -0.05) is 0 Å². The second-order valence-corrected chi connectivity index (χ2v) is 4.42. The monoisotopic (exact) mass is 313 g/mol. The van der Waals surface area contributed by atoms with Gasteiger partial charge in [-0.3, -0.25) is 4.68 Å². The number of anilines is 1. The maximum atomic E-state index is 12.0. The van der Waals surface area contributed by atoms with E-state index in [4.69, 9.17) is 5.73 Å². The minimum absolute atomic E-state index is 0.147. The molecular weight excluding hydrogens is 299 g/mol. The van der Waals surface area contributed by atoms with Crippen molar-refractivity contribution in [2.75, 3.05) is 5.32 Å². The summed E-state index contributed by atoms with van der Waals surface area (Å²) in [5, 5.41) is 6.77. The first kappa shape index (κ1) is 15.7. The van der Waals surface area contributed by atoms with Gasteiger partial charge in [0.25, 0.3) is 0 Å². The summed E-state index contributed by atoms with van der Waals surface area (Å²) in [6.45, 7) is 0.349. The number of nitrogens with zero attached hydrogens (tertiary/aromatic N) is 3. The van der Waals surface area contributed by atoms with Crippen LogP contribution in [0.1, 0.15) is 5.56 Å². The van der Waals surface area contributed by atoms with Gasteiger partial charge in [-0.2, -0.15) is 5.10 Å². The van der Waals surface area contributed by atoms with Crippen LogP contribution in [-0.4, -0.2) is 22.1 Å². The third-order valence-corrected chi connectivity index (χ3v) is 2.55. The molecule has 0 aliphatic heterocycles. The Morgan fingerprint density at radius 2 is 2.05 bits per heavy atom. The van der Waals surface area contributed by atoms with Gasteiger partial charge >= 0.3 is 6.36 Å². The highest BCUT2D eigenvalue weighted by molar-refractivity contribution is 5.92. The summed E-state index contributed by atoms with van der Waals surface area (Å²) in [5.41, 5.74) is 7.09. The Kier molecular flexibility index (Phi) is 4.54. The molecule has 0 aliphatic rings. The predicted molar refractivity (Wildman–Crippen MR) is 75.3 cm³/mol. The van der Waals surface area contributed by atoms with Crippen molar-refractivity contribution in [1.82, 2.24) is 9.78 Å². The minimum atomic E-state index is -4.71. The van der Waals surface area contributed by atoms with Crippen LogP contribution in [-0.2, 0) is 13.6 Å². The number of aryl methyl sites for hydroxylation is 1. The van der Waals surface area contributed by atoms with Crippen LogP contribution in [0.3, 0.4) is 0 Å². The van der Waals surface area contributed by atoms with Crippen LogP contribution in [0.4, 0.5) is 18.9 Å². The topological polar surface area (TPSA) is 77.5 Å². The number of hydrogen-bond donors (Lipinski definition) is 2. The summed E-state index contributed by atoms with van der Waals surface area (Å²) in [5.74, 6) is -0.155. The fourth-order valence-corrected chi connectivity index (χ4v) is 1.66. The summed E-state index contributed by atoms with van der Waals surface area (Å²) >= 11 is 0. The van der Waals surface area contributed by atoms with E-state index < -0.39 is 6.36 Å². The highest BCUT2D eigenvalue weighted by Gasteiger charge is 2.30. The smallest absolute Gasteiger partial charge is 0.406 e. The molecule has 0 spiro atoms. The van der Waals surface area contributed by atoms with Crippen molar-refractivity contribution in [1.29, 1.82) is 0 Å². The largest absolute Gasteiger partial charge is 0.573 e. The molecule has 0 saturated carbocycles. The number of hydrogen-bond acceptors (Lipinski definition) is 3. The number of benzene rings is 1. The molecule has 1 aromatic heterocycles. The third kappa shape index (κ3) is 5.00. The van der Waals surface area contributed by atoms with Crippen molar-refractivity contribution in [2.24, 2.45) is 17.8 Å². The van der Waals surface area contributed by atoms with Crippen LogP contribution >= 0.6 is 0 Å². The first-order valence-electron chi connectivity index (χ1n) is 6.22. The number of aliphatic imine (C=N–C) groups is 1. The predicted octanol–water partition coefficient (Wildman–Crippen LogP) is 2.25. The maximum Gasteiger partial charge on any atom is 0.573 e. The molecule has 0 radical (unpaired) electrons. The van der Waals surface area contributed by atoms with E-state index in [1.54, 1.807) is 24.1 Å². The Balaban J connectivity index is 1.92. The molecule has 0 amide bonds. The summed E-state index contributed by atoms with van der Waals surface area (Å²) in [6, 6.07) is 5.19. The van der Waals surface area contributed by atoms with Gasteiger partial charge in [0.15, 0.2) is 5.96 Å². The molecule has 1 heterocycles. The van der Waals surface area contributed by atoms with Gasteiger partial charge in [-0.25, -0.2) is 4.99 Å². The maximum absolute atomic E-state index is 12.0. The first-order chi connectivity index (χ1) is 10.3. The molecule has 22 heavy (non-hydrogen) atoms. The normalized spacial score (nSPS) is 12.3. The van der Waals surface area contributed by atoms with Crippen molar-refractivity contribution in [2.45, 2.75) is 12.9 Å². The molecule has 0 unspecified atom stereocenters. The third-order valence-electron chi connectivity index (χ3n) is 2.55.